The SMILES string of the molecule is CCCCCCC[PH](CCCCCCC)(CCCCCCC)[PH](C(C)(C)C)(C(C)(C)C)C(C)(C)C. The van der Waals surface area contributed by atoms with Crippen molar-refractivity contribution in [2.45, 2.75) is 195 Å². The molecule has 0 bridgehead atoms. The average molecular weight is 533 g/mol. The first-order valence-electron chi connectivity index (χ1n) is 16.2. The Bertz CT molecular complexity index is 443. The molecule has 0 radical (unpaired) electrons. The first-order valence-corrected chi connectivity index (χ1v) is 21.8. The van der Waals surface area contributed by atoms with Crippen molar-refractivity contribution < 1.29 is 0 Å². The zero-order valence-corrected chi connectivity index (χ0v) is 29.2. The van der Waals surface area contributed by atoms with Crippen molar-refractivity contribution in [3.8, 4) is 0 Å². The fourth-order valence-corrected chi connectivity index (χ4v) is 45.4. The summed E-state index contributed by atoms with van der Waals surface area (Å²) in [4.78, 5) is 0. The summed E-state index contributed by atoms with van der Waals surface area (Å²) in [5.74, 6) is 0. The molecule has 216 valence electrons. The molecule has 0 aromatic heterocycles. The van der Waals surface area contributed by atoms with Crippen LogP contribution in [0.15, 0.2) is 0 Å². The van der Waals surface area contributed by atoms with Gasteiger partial charge in [-0.25, -0.2) is 0 Å². The molecule has 0 rings (SSSR count). The van der Waals surface area contributed by atoms with Crippen LogP contribution in [-0.4, -0.2) is 34.0 Å². The van der Waals surface area contributed by atoms with E-state index in [2.05, 4.69) is 83.1 Å². The Labute approximate surface area is 226 Å². The van der Waals surface area contributed by atoms with Crippen molar-refractivity contribution in [3.05, 3.63) is 0 Å². The third-order valence-corrected chi connectivity index (χ3v) is 35.5. The van der Waals surface area contributed by atoms with Gasteiger partial charge in [-0.2, -0.15) is 0 Å². The van der Waals surface area contributed by atoms with Crippen molar-refractivity contribution in [3.63, 3.8) is 0 Å². The van der Waals surface area contributed by atoms with Crippen LogP contribution in [0.2, 0.25) is 0 Å². The first kappa shape index (κ1) is 35.9. The molecule has 2 heteroatoms. The Morgan fingerprint density at radius 2 is 0.571 bits per heavy atom. The molecule has 0 aliphatic carbocycles. The van der Waals surface area contributed by atoms with Gasteiger partial charge in [-0.05, 0) is 0 Å². The van der Waals surface area contributed by atoms with Gasteiger partial charge < -0.3 is 0 Å². The average Bonchev–Trinajstić information content (AvgIpc) is 2.70. The molecular weight excluding hydrogens is 458 g/mol. The van der Waals surface area contributed by atoms with E-state index >= 15 is 0 Å². The van der Waals surface area contributed by atoms with E-state index in [-0.39, 0.29) is 0 Å². The van der Waals surface area contributed by atoms with Gasteiger partial charge in [0, 0.05) is 0 Å². The maximum absolute atomic E-state index is 2.70. The van der Waals surface area contributed by atoms with Crippen LogP contribution in [0.1, 0.15) is 179 Å². The van der Waals surface area contributed by atoms with Gasteiger partial charge in [0.1, 0.15) is 0 Å². The first-order chi connectivity index (χ1) is 16.2. The summed E-state index contributed by atoms with van der Waals surface area (Å²) >= 11 is 0. The summed E-state index contributed by atoms with van der Waals surface area (Å²) in [6, 6.07) is 0. The van der Waals surface area contributed by atoms with Crippen LogP contribution in [0.3, 0.4) is 0 Å². The van der Waals surface area contributed by atoms with Crippen molar-refractivity contribution in [1.82, 2.24) is 0 Å². The van der Waals surface area contributed by atoms with Crippen LogP contribution >= 0.6 is 13.9 Å². The number of rotatable bonds is 19. The Hall–Kier alpha value is 0.860. The quantitative estimate of drug-likeness (QED) is 0.115. The third kappa shape index (κ3) is 10.2. The molecule has 0 nitrogen and oxygen atoms in total. The summed E-state index contributed by atoms with van der Waals surface area (Å²) in [6.07, 6.45) is 26.7. The third-order valence-electron chi connectivity index (χ3n) is 9.45. The Morgan fingerprint density at radius 1 is 0.343 bits per heavy atom. The van der Waals surface area contributed by atoms with Gasteiger partial charge in [-0.1, -0.05) is 0 Å². The van der Waals surface area contributed by atoms with Gasteiger partial charge in [0.25, 0.3) is 0 Å². The van der Waals surface area contributed by atoms with Gasteiger partial charge in [-0.15, -0.1) is 0 Å². The summed E-state index contributed by atoms with van der Waals surface area (Å²) in [5, 5.41) is 1.35. The van der Waals surface area contributed by atoms with E-state index in [1.807, 2.05) is 0 Å². The molecule has 0 atom stereocenters. The maximum atomic E-state index is 2.70. The molecule has 0 fully saturated rings. The van der Waals surface area contributed by atoms with Gasteiger partial charge in [0.2, 0.25) is 0 Å². The molecule has 0 unspecified atom stereocenters. The normalized spacial score (nSPS) is 15.0. The fraction of sp³-hybridized carbons (Fsp3) is 1.00. The van der Waals surface area contributed by atoms with E-state index in [1.165, 1.54) is 96.3 Å². The molecule has 0 N–H and O–H groups in total. The van der Waals surface area contributed by atoms with Crippen molar-refractivity contribution in [1.29, 1.82) is 0 Å². The van der Waals surface area contributed by atoms with E-state index in [9.17, 15) is 0 Å². The summed E-state index contributed by atoms with van der Waals surface area (Å²) < 4.78 is 0. The van der Waals surface area contributed by atoms with Crippen LogP contribution in [0, 0.1) is 0 Å². The van der Waals surface area contributed by atoms with E-state index < -0.39 is 13.9 Å². The van der Waals surface area contributed by atoms with E-state index in [1.54, 1.807) is 18.5 Å². The van der Waals surface area contributed by atoms with E-state index in [0.29, 0.717) is 15.5 Å². The van der Waals surface area contributed by atoms with Crippen LogP contribution in [0.5, 0.6) is 0 Å². The summed E-state index contributed by atoms with van der Waals surface area (Å²) in [5.41, 5.74) is 0. The van der Waals surface area contributed by atoms with Crippen molar-refractivity contribution in [2.24, 2.45) is 0 Å². The number of hydrogen-bond donors (Lipinski definition) is 0. The zero-order chi connectivity index (χ0) is 27.2. The topological polar surface area (TPSA) is 0 Å². The second kappa shape index (κ2) is 16.7. The molecule has 0 saturated heterocycles. The molecule has 0 aliphatic rings. The van der Waals surface area contributed by atoms with Gasteiger partial charge in [0.05, 0.1) is 0 Å². The van der Waals surface area contributed by atoms with E-state index in [4.69, 9.17) is 0 Å². The Kier molecular flexibility index (Phi) is 17.2. The molecule has 0 heterocycles. The Balaban J connectivity index is 6.58. The molecule has 0 spiro atoms. The zero-order valence-electron chi connectivity index (χ0n) is 27.2. The van der Waals surface area contributed by atoms with Crippen LogP contribution in [0.4, 0.5) is 0 Å². The summed E-state index contributed by atoms with van der Waals surface area (Å²) in [6.45, 7) is 28.1. The van der Waals surface area contributed by atoms with Gasteiger partial charge in [-0.3, -0.25) is 0 Å². The van der Waals surface area contributed by atoms with Crippen molar-refractivity contribution in [2.75, 3.05) is 18.5 Å². The van der Waals surface area contributed by atoms with Crippen LogP contribution in [-0.2, 0) is 0 Å². The van der Waals surface area contributed by atoms with Crippen LogP contribution in [0.25, 0.3) is 0 Å². The molecule has 35 heavy (non-hydrogen) atoms. The standard InChI is InChI=1S/C33H74P2/c1-13-16-19-22-25-28-34(29-26-23-20-17-14-2,30-27-24-21-18-15-3)35(31(4,5)6,32(7,8)9)33(10,11)12/h34-35H,13-30H2,1-12H3. The Morgan fingerprint density at radius 3 is 0.771 bits per heavy atom. The molecule has 0 aromatic rings. The monoisotopic (exact) mass is 533 g/mol. The summed E-state index contributed by atoms with van der Waals surface area (Å²) in [7, 11) is 0. The minimum atomic E-state index is -1.75. The molecule has 0 aliphatic heterocycles. The van der Waals surface area contributed by atoms with Gasteiger partial charge >= 0.3 is 227 Å². The van der Waals surface area contributed by atoms with Crippen molar-refractivity contribution >= 4 is 13.9 Å². The molecular formula is C33H74P2. The number of hydrogen-bond acceptors (Lipinski definition) is 0. The number of unbranched alkanes of at least 4 members (excludes halogenated alkanes) is 12. The molecule has 0 saturated carbocycles. The predicted molar refractivity (Wildman–Crippen MR) is 177 cm³/mol. The fourth-order valence-electron chi connectivity index (χ4n) is 9.90. The predicted octanol–water partition coefficient (Wildman–Crippen LogP) is 12.7. The van der Waals surface area contributed by atoms with Gasteiger partial charge in [0.15, 0.2) is 0 Å². The van der Waals surface area contributed by atoms with Crippen LogP contribution < -0.4 is 0 Å². The second-order valence-corrected chi connectivity index (χ2v) is 30.8. The minimum absolute atomic E-state index is 0.450. The van der Waals surface area contributed by atoms with E-state index in [0.717, 1.165) is 0 Å². The molecule has 0 aromatic carbocycles. The molecule has 0 amide bonds. The second-order valence-electron chi connectivity index (χ2n) is 15.3.